The van der Waals surface area contributed by atoms with Gasteiger partial charge >= 0.3 is 0 Å². The molecule has 2 aliphatic carbocycles. The number of hydrogen-bond donors (Lipinski definition) is 2. The van der Waals surface area contributed by atoms with Gasteiger partial charge in [0.1, 0.15) is 0 Å². The summed E-state index contributed by atoms with van der Waals surface area (Å²) in [7, 11) is 0. The van der Waals surface area contributed by atoms with Crippen molar-refractivity contribution < 1.29 is 10.0 Å². The second-order valence-corrected chi connectivity index (χ2v) is 5.54. The van der Waals surface area contributed by atoms with Crippen molar-refractivity contribution in [2.45, 2.75) is 50.7 Å². The largest absolute Gasteiger partial charge is 0.392 e. The van der Waals surface area contributed by atoms with Gasteiger partial charge in [0.05, 0.1) is 25.2 Å². The molecule has 2 N–H and O–H groups in total. The summed E-state index contributed by atoms with van der Waals surface area (Å²) < 4.78 is 0. The summed E-state index contributed by atoms with van der Waals surface area (Å²) in [5.41, 5.74) is 0. The van der Waals surface area contributed by atoms with Gasteiger partial charge in [-0.15, -0.1) is 0 Å². The number of aliphatic hydroxyl groups excluding tert-OH is 1. The van der Waals surface area contributed by atoms with Crippen LogP contribution in [-0.4, -0.2) is 30.3 Å². The summed E-state index contributed by atoms with van der Waals surface area (Å²) >= 11 is 0. The summed E-state index contributed by atoms with van der Waals surface area (Å²) in [4.78, 5) is 1.81. The normalized spacial score (nSPS) is 48.6. The Balaban J connectivity index is 1.73. The first-order valence-electron chi connectivity index (χ1n) is 6.39. The summed E-state index contributed by atoms with van der Waals surface area (Å²) in [6.07, 6.45) is 8.18. The lowest BCUT2D eigenvalue weighted by molar-refractivity contribution is -0.919. The molecule has 2 nitrogen and oxygen atoms in total. The average Bonchev–Trinajstić information content (AvgIpc) is 2.76. The van der Waals surface area contributed by atoms with Gasteiger partial charge in [-0.3, -0.25) is 0 Å². The van der Waals surface area contributed by atoms with E-state index in [1.54, 1.807) is 0 Å². The molecule has 1 heterocycles. The number of aliphatic hydroxyl groups is 1. The zero-order valence-electron chi connectivity index (χ0n) is 8.91. The van der Waals surface area contributed by atoms with E-state index in [0.29, 0.717) is 11.8 Å². The lowest BCUT2D eigenvalue weighted by atomic mass is 9.81. The Hall–Kier alpha value is -0.0800. The highest BCUT2D eigenvalue weighted by molar-refractivity contribution is 4.93. The molecule has 1 aliphatic heterocycles. The summed E-state index contributed by atoms with van der Waals surface area (Å²) in [5.74, 6) is 1.32. The molecule has 1 saturated heterocycles. The van der Waals surface area contributed by atoms with Crippen LogP contribution in [0.3, 0.4) is 0 Å². The Labute approximate surface area is 86.3 Å². The van der Waals surface area contributed by atoms with E-state index < -0.39 is 0 Å². The summed E-state index contributed by atoms with van der Waals surface area (Å²) in [6, 6.07) is 0.811. The molecule has 3 aliphatic rings. The lowest BCUT2D eigenvalue weighted by Gasteiger charge is -2.36. The number of likely N-dealkylation sites (tertiary alicyclic amines) is 1. The van der Waals surface area contributed by atoms with Gasteiger partial charge in [-0.1, -0.05) is 0 Å². The molecule has 2 heteroatoms. The molecule has 2 saturated carbocycles. The van der Waals surface area contributed by atoms with E-state index in [2.05, 4.69) is 0 Å². The van der Waals surface area contributed by atoms with Crippen LogP contribution in [0, 0.1) is 11.8 Å². The summed E-state index contributed by atoms with van der Waals surface area (Å²) in [5, 5.41) is 10.1. The van der Waals surface area contributed by atoms with Crippen molar-refractivity contribution in [3.8, 4) is 0 Å². The minimum absolute atomic E-state index is 0.0573. The van der Waals surface area contributed by atoms with Crippen LogP contribution in [0.2, 0.25) is 0 Å². The highest BCUT2D eigenvalue weighted by Gasteiger charge is 2.47. The Morgan fingerprint density at radius 2 is 1.64 bits per heavy atom. The van der Waals surface area contributed by atoms with Crippen molar-refractivity contribution in [1.82, 2.24) is 0 Å². The van der Waals surface area contributed by atoms with Crippen molar-refractivity contribution in [3.63, 3.8) is 0 Å². The fourth-order valence-electron chi connectivity index (χ4n) is 4.17. The van der Waals surface area contributed by atoms with Crippen LogP contribution in [-0.2, 0) is 0 Å². The molecule has 3 fully saturated rings. The lowest BCUT2D eigenvalue weighted by Crippen LogP contribution is -3.15. The van der Waals surface area contributed by atoms with Crippen LogP contribution in [0.5, 0.6) is 0 Å². The highest BCUT2D eigenvalue weighted by Crippen LogP contribution is 2.41. The van der Waals surface area contributed by atoms with Crippen LogP contribution in [0.1, 0.15) is 38.5 Å². The van der Waals surface area contributed by atoms with E-state index in [1.807, 2.05) is 4.90 Å². The molecule has 14 heavy (non-hydrogen) atoms. The second-order valence-electron chi connectivity index (χ2n) is 5.54. The van der Waals surface area contributed by atoms with Crippen LogP contribution in [0.25, 0.3) is 0 Å². The number of nitrogens with one attached hydrogen (secondary N) is 1. The number of rotatable bonds is 1. The van der Waals surface area contributed by atoms with Gasteiger partial charge in [-0.2, -0.15) is 0 Å². The van der Waals surface area contributed by atoms with Gasteiger partial charge in [-0.05, 0) is 25.2 Å². The predicted molar refractivity (Wildman–Crippen MR) is 55.2 cm³/mol. The first-order chi connectivity index (χ1) is 6.86. The van der Waals surface area contributed by atoms with Crippen molar-refractivity contribution in [3.05, 3.63) is 0 Å². The molecule has 3 rings (SSSR count). The Kier molecular flexibility index (Phi) is 2.29. The molecular formula is C12H22NO+. The van der Waals surface area contributed by atoms with E-state index in [1.165, 1.54) is 51.6 Å². The Morgan fingerprint density at radius 3 is 2.43 bits per heavy atom. The molecule has 80 valence electrons. The first kappa shape index (κ1) is 9.17. The maximum absolute atomic E-state index is 10.1. The van der Waals surface area contributed by atoms with Crippen LogP contribution < -0.4 is 4.90 Å². The van der Waals surface area contributed by atoms with Gasteiger partial charge in [0.15, 0.2) is 0 Å². The van der Waals surface area contributed by atoms with E-state index in [9.17, 15) is 5.11 Å². The SMILES string of the molecule is O[C@H]1[C@H]2CC[C@@H]1[C@@H]([NH+]1CCCC1)CC2. The topological polar surface area (TPSA) is 24.7 Å². The number of hydrogen-bond acceptors (Lipinski definition) is 1. The molecule has 2 bridgehead atoms. The van der Waals surface area contributed by atoms with Gasteiger partial charge in [0.2, 0.25) is 0 Å². The minimum atomic E-state index is 0.0573. The van der Waals surface area contributed by atoms with E-state index in [0.717, 1.165) is 6.04 Å². The van der Waals surface area contributed by atoms with Crippen molar-refractivity contribution in [2.75, 3.05) is 13.1 Å². The molecule has 0 unspecified atom stereocenters. The van der Waals surface area contributed by atoms with Crippen molar-refractivity contribution >= 4 is 0 Å². The second kappa shape index (κ2) is 3.49. The maximum atomic E-state index is 10.1. The zero-order chi connectivity index (χ0) is 9.54. The van der Waals surface area contributed by atoms with Gasteiger partial charge in [0.25, 0.3) is 0 Å². The van der Waals surface area contributed by atoms with Gasteiger partial charge in [0, 0.05) is 25.2 Å². The Bertz CT molecular complexity index is 212. The van der Waals surface area contributed by atoms with Gasteiger partial charge in [-0.25, -0.2) is 0 Å². The minimum Gasteiger partial charge on any atom is -0.392 e. The zero-order valence-corrected chi connectivity index (χ0v) is 8.91. The third-order valence-electron chi connectivity index (χ3n) is 4.93. The maximum Gasteiger partial charge on any atom is 0.0928 e. The van der Waals surface area contributed by atoms with Crippen LogP contribution in [0.15, 0.2) is 0 Å². The monoisotopic (exact) mass is 196 g/mol. The van der Waals surface area contributed by atoms with Crippen molar-refractivity contribution in [1.29, 1.82) is 0 Å². The Morgan fingerprint density at radius 1 is 0.929 bits per heavy atom. The quantitative estimate of drug-likeness (QED) is 0.616. The predicted octanol–water partition coefficient (Wildman–Crippen LogP) is 0.215. The van der Waals surface area contributed by atoms with E-state index in [-0.39, 0.29) is 6.10 Å². The smallest absolute Gasteiger partial charge is 0.0928 e. The fourth-order valence-corrected chi connectivity index (χ4v) is 4.17. The summed E-state index contributed by atoms with van der Waals surface area (Å²) in [6.45, 7) is 2.75. The van der Waals surface area contributed by atoms with Crippen molar-refractivity contribution in [2.24, 2.45) is 11.8 Å². The third kappa shape index (κ3) is 1.31. The molecule has 0 amide bonds. The fraction of sp³-hybridized carbons (Fsp3) is 1.00. The van der Waals surface area contributed by atoms with Gasteiger partial charge < -0.3 is 10.0 Å². The third-order valence-corrected chi connectivity index (χ3v) is 4.93. The van der Waals surface area contributed by atoms with Crippen LogP contribution >= 0.6 is 0 Å². The molecule has 0 spiro atoms. The molecule has 0 aromatic heterocycles. The number of quaternary nitrogens is 1. The standard InChI is InChI=1S/C12H21NO/c14-12-9-3-5-10(12)11(6-4-9)13-7-1-2-8-13/h9-12,14H,1-8H2/p+1/t9-,10+,11-,12-/m0/s1. The number of fused-ring (bicyclic) bond motifs is 2. The molecular weight excluding hydrogens is 174 g/mol. The average molecular weight is 196 g/mol. The van der Waals surface area contributed by atoms with E-state index in [4.69, 9.17) is 0 Å². The molecule has 4 atom stereocenters. The van der Waals surface area contributed by atoms with Crippen LogP contribution in [0.4, 0.5) is 0 Å². The first-order valence-corrected chi connectivity index (χ1v) is 6.39. The van der Waals surface area contributed by atoms with E-state index >= 15 is 0 Å². The molecule has 0 aromatic rings. The molecule has 0 aromatic carbocycles. The molecule has 0 radical (unpaired) electrons. The highest BCUT2D eigenvalue weighted by atomic mass is 16.3.